The van der Waals surface area contributed by atoms with Crippen molar-refractivity contribution in [2.45, 2.75) is 19.3 Å². The molecule has 6 nitrogen and oxygen atoms in total. The monoisotopic (exact) mass is 212 g/mol. The molecule has 0 aromatic heterocycles. The average Bonchev–Trinajstić information content (AvgIpc) is 2.18. The van der Waals surface area contributed by atoms with Crippen LogP contribution in [0.3, 0.4) is 0 Å². The molecule has 6 N–H and O–H groups in total. The van der Waals surface area contributed by atoms with E-state index in [1.165, 1.54) is 19.3 Å². The van der Waals surface area contributed by atoms with E-state index in [4.69, 9.17) is 16.6 Å². The van der Waals surface area contributed by atoms with Gasteiger partial charge < -0.3 is 16.0 Å². The van der Waals surface area contributed by atoms with Gasteiger partial charge in [0, 0.05) is 13.1 Å². The molecule has 0 radical (unpaired) electrons. The Morgan fingerprint density at radius 3 is 2.47 bits per heavy atom. The van der Waals surface area contributed by atoms with E-state index in [0.717, 1.165) is 26.2 Å². The van der Waals surface area contributed by atoms with Crippen LogP contribution in [0.25, 0.3) is 0 Å². The van der Waals surface area contributed by atoms with Crippen LogP contribution in [0.1, 0.15) is 19.3 Å². The molecule has 0 saturated carbocycles. The lowest BCUT2D eigenvalue weighted by atomic mass is 10.1. The molecule has 0 bridgehead atoms. The van der Waals surface area contributed by atoms with E-state index in [1.807, 2.05) is 0 Å². The molecule has 0 unspecified atom stereocenters. The van der Waals surface area contributed by atoms with Crippen molar-refractivity contribution in [1.29, 1.82) is 10.8 Å². The van der Waals surface area contributed by atoms with Gasteiger partial charge in [-0.3, -0.25) is 16.1 Å². The fourth-order valence-electron chi connectivity index (χ4n) is 1.70. The molecule has 1 saturated heterocycles. The van der Waals surface area contributed by atoms with Gasteiger partial charge in [0.1, 0.15) is 0 Å². The predicted octanol–water partition coefficient (Wildman–Crippen LogP) is -0.520. The van der Waals surface area contributed by atoms with Gasteiger partial charge in [-0.05, 0) is 25.9 Å². The summed E-state index contributed by atoms with van der Waals surface area (Å²) >= 11 is 0. The second-order valence-corrected chi connectivity index (χ2v) is 3.74. The maximum Gasteiger partial charge on any atom is 0.195 e. The third kappa shape index (κ3) is 5.21. The third-order valence-electron chi connectivity index (χ3n) is 2.44. The normalized spacial score (nSPS) is 17.1. The first-order valence-corrected chi connectivity index (χ1v) is 5.34. The molecule has 0 aliphatic carbocycles. The summed E-state index contributed by atoms with van der Waals surface area (Å²) < 4.78 is 0. The van der Waals surface area contributed by atoms with E-state index in [9.17, 15) is 0 Å². The Balaban J connectivity index is 2.04. The zero-order chi connectivity index (χ0) is 11.1. The van der Waals surface area contributed by atoms with Gasteiger partial charge in [0.05, 0.1) is 0 Å². The molecule has 0 amide bonds. The van der Waals surface area contributed by atoms with Crippen molar-refractivity contribution in [2.75, 3.05) is 26.2 Å². The van der Waals surface area contributed by atoms with Crippen LogP contribution in [0.15, 0.2) is 0 Å². The summed E-state index contributed by atoms with van der Waals surface area (Å²) in [6, 6.07) is 0. The van der Waals surface area contributed by atoms with Crippen molar-refractivity contribution in [3.63, 3.8) is 0 Å². The number of nitrogens with one attached hydrogen (secondary N) is 4. The van der Waals surface area contributed by atoms with Crippen LogP contribution < -0.4 is 16.4 Å². The Morgan fingerprint density at radius 1 is 1.20 bits per heavy atom. The predicted molar refractivity (Wildman–Crippen MR) is 61.1 cm³/mol. The summed E-state index contributed by atoms with van der Waals surface area (Å²) in [5.41, 5.74) is 5.09. The molecular formula is C9H20N6. The second-order valence-electron chi connectivity index (χ2n) is 3.74. The number of nitrogens with two attached hydrogens (primary N) is 1. The molecule has 86 valence electrons. The zero-order valence-corrected chi connectivity index (χ0v) is 8.97. The van der Waals surface area contributed by atoms with Crippen LogP contribution in [-0.2, 0) is 0 Å². The molecule has 0 aromatic rings. The van der Waals surface area contributed by atoms with Crippen molar-refractivity contribution in [2.24, 2.45) is 5.73 Å². The highest BCUT2D eigenvalue weighted by Crippen LogP contribution is 2.06. The van der Waals surface area contributed by atoms with Crippen LogP contribution in [-0.4, -0.2) is 43.0 Å². The maximum atomic E-state index is 7.37. The van der Waals surface area contributed by atoms with Gasteiger partial charge in [0.2, 0.25) is 0 Å². The summed E-state index contributed by atoms with van der Waals surface area (Å²) in [6.07, 6.45) is 3.90. The number of hydrogen-bond donors (Lipinski definition) is 5. The average molecular weight is 212 g/mol. The quantitative estimate of drug-likeness (QED) is 0.321. The molecule has 0 aromatic carbocycles. The van der Waals surface area contributed by atoms with E-state index in [0.29, 0.717) is 0 Å². The lowest BCUT2D eigenvalue weighted by Crippen LogP contribution is -2.46. The minimum absolute atomic E-state index is 0.0968. The van der Waals surface area contributed by atoms with E-state index < -0.39 is 0 Å². The molecule has 1 heterocycles. The maximum absolute atomic E-state index is 7.37. The Kier molecular flexibility index (Phi) is 4.89. The van der Waals surface area contributed by atoms with E-state index in [-0.39, 0.29) is 11.9 Å². The molecular weight excluding hydrogens is 192 g/mol. The van der Waals surface area contributed by atoms with Crippen LogP contribution in [0.5, 0.6) is 0 Å². The highest BCUT2D eigenvalue weighted by molar-refractivity contribution is 5.94. The lowest BCUT2D eigenvalue weighted by molar-refractivity contribution is 0.232. The molecule has 1 fully saturated rings. The van der Waals surface area contributed by atoms with Gasteiger partial charge in [-0.25, -0.2) is 0 Å². The van der Waals surface area contributed by atoms with Gasteiger partial charge in [-0.2, -0.15) is 0 Å². The van der Waals surface area contributed by atoms with Crippen molar-refractivity contribution in [3.05, 3.63) is 0 Å². The SMILES string of the molecule is N=C(N)NC(=N)NCCN1CCCCC1. The Morgan fingerprint density at radius 2 is 1.87 bits per heavy atom. The fourth-order valence-corrected chi connectivity index (χ4v) is 1.70. The minimum Gasteiger partial charge on any atom is -0.370 e. The first kappa shape index (κ1) is 11.8. The van der Waals surface area contributed by atoms with E-state index in [2.05, 4.69) is 15.5 Å². The topological polar surface area (TPSA) is 101 Å². The summed E-state index contributed by atoms with van der Waals surface area (Å²) in [6.45, 7) is 3.99. The Labute approximate surface area is 90.2 Å². The van der Waals surface area contributed by atoms with Crippen molar-refractivity contribution in [3.8, 4) is 0 Å². The number of guanidine groups is 2. The van der Waals surface area contributed by atoms with Gasteiger partial charge >= 0.3 is 0 Å². The highest BCUT2D eigenvalue weighted by atomic mass is 15.2. The van der Waals surface area contributed by atoms with Gasteiger partial charge in [0.25, 0.3) is 0 Å². The standard InChI is InChI=1S/C9H20N6/c10-8(11)14-9(12)13-4-7-15-5-2-1-3-6-15/h1-7H2,(H6,10,11,12,13,14). The van der Waals surface area contributed by atoms with E-state index in [1.54, 1.807) is 0 Å². The first-order chi connectivity index (χ1) is 7.18. The van der Waals surface area contributed by atoms with Gasteiger partial charge in [-0.15, -0.1) is 0 Å². The number of likely N-dealkylation sites (tertiary alicyclic amines) is 1. The molecule has 1 aliphatic heterocycles. The smallest absolute Gasteiger partial charge is 0.195 e. The summed E-state index contributed by atoms with van der Waals surface area (Å²) in [7, 11) is 0. The fraction of sp³-hybridized carbons (Fsp3) is 0.778. The van der Waals surface area contributed by atoms with E-state index >= 15 is 0 Å². The largest absolute Gasteiger partial charge is 0.370 e. The first-order valence-electron chi connectivity index (χ1n) is 5.34. The van der Waals surface area contributed by atoms with Crippen LogP contribution in [0.4, 0.5) is 0 Å². The molecule has 6 heteroatoms. The number of piperidine rings is 1. The molecule has 1 rings (SSSR count). The highest BCUT2D eigenvalue weighted by Gasteiger charge is 2.08. The van der Waals surface area contributed by atoms with Gasteiger partial charge in [-0.1, -0.05) is 6.42 Å². The van der Waals surface area contributed by atoms with Crippen LogP contribution in [0.2, 0.25) is 0 Å². The summed E-state index contributed by atoms with van der Waals surface area (Å²) in [4.78, 5) is 2.39. The molecule has 0 atom stereocenters. The Hall–Kier alpha value is -1.30. The van der Waals surface area contributed by atoms with Crippen molar-refractivity contribution in [1.82, 2.24) is 15.5 Å². The lowest BCUT2D eigenvalue weighted by Gasteiger charge is -2.26. The number of nitrogens with zero attached hydrogens (tertiary/aromatic N) is 1. The summed E-state index contributed by atoms with van der Waals surface area (Å²) in [5, 5.41) is 19.6. The number of rotatable bonds is 3. The van der Waals surface area contributed by atoms with Crippen molar-refractivity contribution < 1.29 is 0 Å². The molecule has 1 aliphatic rings. The van der Waals surface area contributed by atoms with Crippen molar-refractivity contribution >= 4 is 11.9 Å². The number of hydrogen-bond acceptors (Lipinski definition) is 3. The van der Waals surface area contributed by atoms with Crippen LogP contribution >= 0.6 is 0 Å². The summed E-state index contributed by atoms with van der Waals surface area (Å²) in [5.74, 6) is -0.106. The Bertz CT molecular complexity index is 221. The minimum atomic E-state index is -0.203. The second kappa shape index (κ2) is 6.23. The van der Waals surface area contributed by atoms with Gasteiger partial charge in [0.15, 0.2) is 11.9 Å². The van der Waals surface area contributed by atoms with Crippen LogP contribution in [0, 0.1) is 10.8 Å². The third-order valence-corrected chi connectivity index (χ3v) is 2.44. The molecule has 15 heavy (non-hydrogen) atoms. The zero-order valence-electron chi connectivity index (χ0n) is 8.97. The molecule has 0 spiro atoms.